The molecule has 0 amide bonds. The predicted octanol–water partition coefficient (Wildman–Crippen LogP) is 3.66. The normalized spacial score (nSPS) is 10.2. The number of anilines is 1. The zero-order valence-electron chi connectivity index (χ0n) is 12.7. The first-order chi connectivity index (χ1) is 10.3. The van der Waals surface area contributed by atoms with Crippen LogP contribution in [0.5, 0.6) is 17.4 Å². The summed E-state index contributed by atoms with van der Waals surface area (Å²) in [5.41, 5.74) is 0.969. The molecule has 1 aromatic carbocycles. The van der Waals surface area contributed by atoms with E-state index >= 15 is 0 Å². The Hall–Kier alpha value is -2.30. The third-order valence-electron chi connectivity index (χ3n) is 3.08. The van der Waals surface area contributed by atoms with Crippen molar-refractivity contribution < 1.29 is 9.47 Å². The van der Waals surface area contributed by atoms with E-state index in [1.165, 1.54) is 6.33 Å². The molecule has 0 aliphatic heterocycles. The maximum Gasteiger partial charge on any atom is 0.227 e. The van der Waals surface area contributed by atoms with Crippen molar-refractivity contribution in [3.8, 4) is 17.4 Å². The zero-order valence-corrected chi connectivity index (χ0v) is 12.7. The smallest absolute Gasteiger partial charge is 0.227 e. The lowest BCUT2D eigenvalue weighted by Crippen LogP contribution is -2.07. The van der Waals surface area contributed by atoms with E-state index in [0.29, 0.717) is 17.4 Å². The third kappa shape index (κ3) is 3.62. The first kappa shape index (κ1) is 15.1. The summed E-state index contributed by atoms with van der Waals surface area (Å²) in [5.74, 6) is 2.73. The number of para-hydroxylation sites is 2. The van der Waals surface area contributed by atoms with Crippen LogP contribution in [0.3, 0.4) is 0 Å². The maximum atomic E-state index is 5.93. The van der Waals surface area contributed by atoms with E-state index in [1.807, 2.05) is 24.3 Å². The van der Waals surface area contributed by atoms with E-state index in [-0.39, 0.29) is 0 Å². The fourth-order valence-corrected chi connectivity index (χ4v) is 2.01. The van der Waals surface area contributed by atoms with Gasteiger partial charge in [-0.25, -0.2) is 9.97 Å². The van der Waals surface area contributed by atoms with Gasteiger partial charge >= 0.3 is 0 Å². The van der Waals surface area contributed by atoms with Crippen molar-refractivity contribution in [2.24, 2.45) is 0 Å². The standard InChI is InChI=1S/C16H21N3O2/c1-4-10-17-15-12(5-2)16(19-11-18-15)21-14-9-7-6-8-13(14)20-3/h6-9,11H,4-5,10H2,1-3H3,(H,17,18,19). The summed E-state index contributed by atoms with van der Waals surface area (Å²) in [6.07, 6.45) is 3.34. The number of nitrogens with zero attached hydrogens (tertiary/aromatic N) is 2. The van der Waals surface area contributed by atoms with E-state index < -0.39 is 0 Å². The molecule has 2 aromatic rings. The van der Waals surface area contributed by atoms with Crippen LogP contribution in [0.1, 0.15) is 25.8 Å². The fraction of sp³-hybridized carbons (Fsp3) is 0.375. The monoisotopic (exact) mass is 287 g/mol. The number of hydrogen-bond donors (Lipinski definition) is 1. The average molecular weight is 287 g/mol. The summed E-state index contributed by atoms with van der Waals surface area (Å²) in [6, 6.07) is 7.53. The number of nitrogens with one attached hydrogen (secondary N) is 1. The molecule has 0 saturated heterocycles. The molecule has 0 radical (unpaired) electrons. The Kier molecular flexibility index (Phi) is 5.37. The zero-order chi connectivity index (χ0) is 15.1. The summed E-state index contributed by atoms with van der Waals surface area (Å²) in [4.78, 5) is 8.56. The van der Waals surface area contributed by atoms with E-state index in [1.54, 1.807) is 7.11 Å². The number of benzene rings is 1. The Balaban J connectivity index is 2.31. The van der Waals surface area contributed by atoms with Crippen molar-refractivity contribution in [1.29, 1.82) is 0 Å². The van der Waals surface area contributed by atoms with E-state index in [0.717, 1.165) is 30.8 Å². The molecule has 0 spiro atoms. The van der Waals surface area contributed by atoms with Crippen LogP contribution in [-0.2, 0) is 6.42 Å². The van der Waals surface area contributed by atoms with Gasteiger partial charge in [-0.05, 0) is 25.0 Å². The lowest BCUT2D eigenvalue weighted by molar-refractivity contribution is 0.372. The highest BCUT2D eigenvalue weighted by atomic mass is 16.5. The Morgan fingerprint density at radius 3 is 2.52 bits per heavy atom. The van der Waals surface area contributed by atoms with Gasteiger partial charge in [-0.1, -0.05) is 26.0 Å². The van der Waals surface area contributed by atoms with Crippen LogP contribution in [0.25, 0.3) is 0 Å². The summed E-state index contributed by atoms with van der Waals surface area (Å²) in [7, 11) is 1.62. The highest BCUT2D eigenvalue weighted by Crippen LogP contribution is 2.33. The van der Waals surface area contributed by atoms with Crippen LogP contribution in [0.4, 0.5) is 5.82 Å². The summed E-state index contributed by atoms with van der Waals surface area (Å²) in [6.45, 7) is 5.05. The molecule has 112 valence electrons. The maximum absolute atomic E-state index is 5.93. The van der Waals surface area contributed by atoms with Gasteiger partial charge in [0, 0.05) is 6.54 Å². The molecular formula is C16H21N3O2. The van der Waals surface area contributed by atoms with Crippen LogP contribution in [0.15, 0.2) is 30.6 Å². The molecule has 2 rings (SSSR count). The van der Waals surface area contributed by atoms with Gasteiger partial charge < -0.3 is 14.8 Å². The van der Waals surface area contributed by atoms with Gasteiger partial charge in [0.2, 0.25) is 5.88 Å². The van der Waals surface area contributed by atoms with Crippen LogP contribution < -0.4 is 14.8 Å². The van der Waals surface area contributed by atoms with E-state index in [4.69, 9.17) is 9.47 Å². The van der Waals surface area contributed by atoms with Crippen molar-refractivity contribution in [3.63, 3.8) is 0 Å². The van der Waals surface area contributed by atoms with Crippen molar-refractivity contribution in [2.45, 2.75) is 26.7 Å². The number of methoxy groups -OCH3 is 1. The minimum absolute atomic E-state index is 0.565. The number of hydrogen-bond acceptors (Lipinski definition) is 5. The van der Waals surface area contributed by atoms with Crippen molar-refractivity contribution in [1.82, 2.24) is 9.97 Å². The van der Waals surface area contributed by atoms with E-state index in [2.05, 4.69) is 29.1 Å². The van der Waals surface area contributed by atoms with Gasteiger partial charge in [-0.2, -0.15) is 0 Å². The highest BCUT2D eigenvalue weighted by Gasteiger charge is 2.13. The Bertz CT molecular complexity index is 587. The third-order valence-corrected chi connectivity index (χ3v) is 3.08. The van der Waals surface area contributed by atoms with Gasteiger partial charge in [0.15, 0.2) is 11.5 Å². The van der Waals surface area contributed by atoms with Crippen molar-refractivity contribution >= 4 is 5.82 Å². The molecule has 0 aliphatic rings. The van der Waals surface area contributed by atoms with Crippen molar-refractivity contribution in [3.05, 3.63) is 36.2 Å². The number of aromatic nitrogens is 2. The minimum Gasteiger partial charge on any atom is -0.493 e. The highest BCUT2D eigenvalue weighted by molar-refractivity contribution is 5.51. The second-order valence-electron chi connectivity index (χ2n) is 4.54. The SMILES string of the molecule is CCCNc1ncnc(Oc2ccccc2OC)c1CC. The minimum atomic E-state index is 0.565. The Morgan fingerprint density at radius 1 is 1.10 bits per heavy atom. The average Bonchev–Trinajstić information content (AvgIpc) is 2.53. The van der Waals surface area contributed by atoms with Crippen molar-refractivity contribution in [2.75, 3.05) is 19.0 Å². The molecule has 0 unspecified atom stereocenters. The van der Waals surface area contributed by atoms with Gasteiger partial charge in [0.05, 0.1) is 12.7 Å². The molecule has 0 bridgehead atoms. The second kappa shape index (κ2) is 7.47. The second-order valence-corrected chi connectivity index (χ2v) is 4.54. The number of ether oxygens (including phenoxy) is 2. The molecule has 1 aromatic heterocycles. The molecular weight excluding hydrogens is 266 g/mol. The van der Waals surface area contributed by atoms with Crippen LogP contribution in [0, 0.1) is 0 Å². The van der Waals surface area contributed by atoms with Crippen LogP contribution in [0.2, 0.25) is 0 Å². The van der Waals surface area contributed by atoms with E-state index in [9.17, 15) is 0 Å². The molecule has 0 fully saturated rings. The molecule has 5 heteroatoms. The van der Waals surface area contributed by atoms with Crippen LogP contribution in [-0.4, -0.2) is 23.6 Å². The molecule has 0 saturated carbocycles. The van der Waals surface area contributed by atoms with Crippen LogP contribution >= 0.6 is 0 Å². The lowest BCUT2D eigenvalue weighted by atomic mass is 10.2. The fourth-order valence-electron chi connectivity index (χ4n) is 2.01. The first-order valence-electron chi connectivity index (χ1n) is 7.18. The van der Waals surface area contributed by atoms with Gasteiger partial charge in [0.1, 0.15) is 12.1 Å². The molecule has 5 nitrogen and oxygen atoms in total. The molecule has 1 heterocycles. The topological polar surface area (TPSA) is 56.3 Å². The first-order valence-corrected chi connectivity index (χ1v) is 7.18. The molecule has 1 N–H and O–H groups in total. The molecule has 0 aliphatic carbocycles. The largest absolute Gasteiger partial charge is 0.493 e. The summed E-state index contributed by atoms with van der Waals surface area (Å²) < 4.78 is 11.2. The predicted molar refractivity (Wildman–Crippen MR) is 83.3 cm³/mol. The molecule has 0 atom stereocenters. The quantitative estimate of drug-likeness (QED) is 0.842. The Morgan fingerprint density at radius 2 is 1.86 bits per heavy atom. The van der Waals surface area contributed by atoms with Gasteiger partial charge in [-0.15, -0.1) is 0 Å². The van der Waals surface area contributed by atoms with Gasteiger partial charge in [0.25, 0.3) is 0 Å². The number of rotatable bonds is 7. The Labute approximate surface area is 125 Å². The molecule has 21 heavy (non-hydrogen) atoms. The van der Waals surface area contributed by atoms with Gasteiger partial charge in [-0.3, -0.25) is 0 Å². The summed E-state index contributed by atoms with van der Waals surface area (Å²) >= 11 is 0. The summed E-state index contributed by atoms with van der Waals surface area (Å²) in [5, 5.41) is 3.31. The lowest BCUT2D eigenvalue weighted by Gasteiger charge is -2.14.